The molecule has 2 nitrogen and oxygen atoms in total. The lowest BCUT2D eigenvalue weighted by Crippen LogP contribution is -2.19. The minimum Gasteiger partial charge on any atom is -0.497 e. The third kappa shape index (κ3) is 3.34. The van der Waals surface area contributed by atoms with E-state index in [1.54, 1.807) is 7.11 Å². The second-order valence-corrected chi connectivity index (χ2v) is 5.66. The number of ether oxygens (including phenoxy) is 1. The first-order chi connectivity index (χ1) is 7.22. The summed E-state index contributed by atoms with van der Waals surface area (Å²) in [7, 11) is 0.963. The summed E-state index contributed by atoms with van der Waals surface area (Å²) in [5.41, 5.74) is 0. The second-order valence-electron chi connectivity index (χ2n) is 3.10. The van der Waals surface area contributed by atoms with Gasteiger partial charge in [0.05, 0.1) is 14.5 Å². The van der Waals surface area contributed by atoms with Crippen LogP contribution in [0.5, 0.6) is 5.75 Å². The van der Waals surface area contributed by atoms with Crippen molar-refractivity contribution in [2.45, 2.75) is 13.8 Å². The summed E-state index contributed by atoms with van der Waals surface area (Å²) in [6.07, 6.45) is 0. The normalized spacial score (nSPS) is 12.9. The van der Waals surface area contributed by atoms with Crippen molar-refractivity contribution in [1.82, 2.24) is 4.67 Å². The standard InChI is InChI=1S/C11H17ClNOP/c1-4-13(5-2)15(12)11-8-6-10(14-3)7-9-11/h6-9H,4-5H2,1-3H3. The fourth-order valence-electron chi connectivity index (χ4n) is 1.34. The molecule has 0 heterocycles. The van der Waals surface area contributed by atoms with E-state index in [1.165, 1.54) is 5.30 Å². The van der Waals surface area contributed by atoms with Gasteiger partial charge in [-0.1, -0.05) is 25.1 Å². The number of halogens is 1. The van der Waals surface area contributed by atoms with E-state index in [4.69, 9.17) is 16.0 Å². The van der Waals surface area contributed by atoms with Gasteiger partial charge in [-0.25, -0.2) is 0 Å². The first kappa shape index (κ1) is 12.8. The monoisotopic (exact) mass is 245 g/mol. The fourth-order valence-corrected chi connectivity index (χ4v) is 3.54. The Morgan fingerprint density at radius 2 is 1.73 bits per heavy atom. The minimum atomic E-state index is -0.707. The predicted octanol–water partition coefficient (Wildman–Crippen LogP) is 3.21. The Bertz CT molecular complexity index is 287. The number of rotatable bonds is 5. The first-order valence-electron chi connectivity index (χ1n) is 5.07. The Balaban J connectivity index is 2.76. The van der Waals surface area contributed by atoms with Gasteiger partial charge in [-0.2, -0.15) is 0 Å². The highest BCUT2D eigenvalue weighted by atomic mass is 35.7. The summed E-state index contributed by atoms with van der Waals surface area (Å²) in [6.45, 7) is 6.23. The average molecular weight is 246 g/mol. The van der Waals surface area contributed by atoms with E-state index in [9.17, 15) is 0 Å². The van der Waals surface area contributed by atoms with Gasteiger partial charge in [-0.3, -0.25) is 4.67 Å². The van der Waals surface area contributed by atoms with E-state index in [2.05, 4.69) is 18.5 Å². The molecule has 1 unspecified atom stereocenters. The highest BCUT2D eigenvalue weighted by molar-refractivity contribution is 7.88. The molecule has 0 saturated carbocycles. The molecule has 4 heteroatoms. The molecule has 1 atom stereocenters. The highest BCUT2D eigenvalue weighted by Crippen LogP contribution is 2.43. The van der Waals surface area contributed by atoms with Crippen LogP contribution in [0.2, 0.25) is 0 Å². The topological polar surface area (TPSA) is 12.5 Å². The van der Waals surface area contributed by atoms with E-state index in [1.807, 2.05) is 24.3 Å². The summed E-state index contributed by atoms with van der Waals surface area (Å²) in [4.78, 5) is 0. The fraction of sp³-hybridized carbons (Fsp3) is 0.455. The Hall–Kier alpha value is -0.300. The highest BCUT2D eigenvalue weighted by Gasteiger charge is 2.14. The van der Waals surface area contributed by atoms with Crippen LogP contribution in [-0.2, 0) is 0 Å². The van der Waals surface area contributed by atoms with Crippen LogP contribution < -0.4 is 10.0 Å². The van der Waals surface area contributed by atoms with E-state index in [0.29, 0.717) is 0 Å². The van der Waals surface area contributed by atoms with E-state index >= 15 is 0 Å². The van der Waals surface area contributed by atoms with E-state index < -0.39 is 7.43 Å². The van der Waals surface area contributed by atoms with Crippen molar-refractivity contribution in [2.24, 2.45) is 0 Å². The summed E-state index contributed by atoms with van der Waals surface area (Å²) in [5.74, 6) is 0.873. The van der Waals surface area contributed by atoms with E-state index in [0.717, 1.165) is 18.8 Å². The third-order valence-electron chi connectivity index (χ3n) is 2.26. The molecular weight excluding hydrogens is 229 g/mol. The second kappa shape index (κ2) is 6.32. The Labute approximate surface area is 97.8 Å². The largest absolute Gasteiger partial charge is 0.497 e. The number of nitrogens with zero attached hydrogens (tertiary/aromatic N) is 1. The molecule has 1 aromatic rings. The van der Waals surface area contributed by atoms with Gasteiger partial charge in [0.2, 0.25) is 0 Å². The lowest BCUT2D eigenvalue weighted by atomic mass is 10.3. The number of benzene rings is 1. The van der Waals surface area contributed by atoms with Crippen molar-refractivity contribution < 1.29 is 4.74 Å². The third-order valence-corrected chi connectivity index (χ3v) is 5.28. The van der Waals surface area contributed by atoms with Gasteiger partial charge in [0.15, 0.2) is 0 Å². The quantitative estimate of drug-likeness (QED) is 0.739. The summed E-state index contributed by atoms with van der Waals surface area (Å²) < 4.78 is 7.38. The molecule has 0 aliphatic carbocycles. The van der Waals surface area contributed by atoms with Crippen LogP contribution >= 0.6 is 18.7 Å². The van der Waals surface area contributed by atoms with Gasteiger partial charge in [-0.15, -0.1) is 0 Å². The molecule has 0 aliphatic rings. The molecule has 0 aliphatic heterocycles. The lowest BCUT2D eigenvalue weighted by Gasteiger charge is -2.23. The number of hydrogen-bond donors (Lipinski definition) is 0. The summed E-state index contributed by atoms with van der Waals surface area (Å²) >= 11 is 6.42. The van der Waals surface area contributed by atoms with Crippen LogP contribution in [0.4, 0.5) is 0 Å². The molecule has 0 spiro atoms. The van der Waals surface area contributed by atoms with Crippen LogP contribution in [0.1, 0.15) is 13.8 Å². The zero-order chi connectivity index (χ0) is 11.3. The molecule has 0 fully saturated rings. The molecule has 1 rings (SSSR count). The van der Waals surface area contributed by atoms with Gasteiger partial charge < -0.3 is 4.74 Å². The van der Waals surface area contributed by atoms with Crippen molar-refractivity contribution in [2.75, 3.05) is 20.2 Å². The maximum absolute atomic E-state index is 6.42. The van der Waals surface area contributed by atoms with Crippen molar-refractivity contribution in [1.29, 1.82) is 0 Å². The van der Waals surface area contributed by atoms with Crippen LogP contribution in [0, 0.1) is 0 Å². The van der Waals surface area contributed by atoms with E-state index in [-0.39, 0.29) is 0 Å². The summed E-state index contributed by atoms with van der Waals surface area (Å²) in [5, 5.41) is 1.18. The van der Waals surface area contributed by atoms with Crippen LogP contribution in [-0.4, -0.2) is 24.9 Å². The lowest BCUT2D eigenvalue weighted by molar-refractivity contribution is 0.415. The maximum atomic E-state index is 6.42. The van der Waals surface area contributed by atoms with Gasteiger partial charge in [0.1, 0.15) is 5.75 Å². The van der Waals surface area contributed by atoms with Crippen molar-refractivity contribution >= 4 is 24.0 Å². The Morgan fingerprint density at radius 1 is 1.20 bits per heavy atom. The molecule has 0 N–H and O–H groups in total. The Morgan fingerprint density at radius 3 is 2.13 bits per heavy atom. The Kier molecular flexibility index (Phi) is 5.38. The van der Waals surface area contributed by atoms with Gasteiger partial charge in [-0.05, 0) is 24.3 Å². The molecule has 0 bridgehead atoms. The summed E-state index contributed by atoms with van der Waals surface area (Å²) in [6, 6.07) is 7.98. The molecule has 84 valence electrons. The molecule has 0 saturated heterocycles. The van der Waals surface area contributed by atoms with Gasteiger partial charge in [0, 0.05) is 18.4 Å². The molecule has 0 amide bonds. The van der Waals surface area contributed by atoms with Crippen LogP contribution in [0.15, 0.2) is 24.3 Å². The smallest absolute Gasteiger partial charge is 0.118 e. The van der Waals surface area contributed by atoms with Crippen LogP contribution in [0.3, 0.4) is 0 Å². The molecule has 15 heavy (non-hydrogen) atoms. The molecule has 0 radical (unpaired) electrons. The minimum absolute atomic E-state index is 0.707. The number of hydrogen-bond acceptors (Lipinski definition) is 2. The van der Waals surface area contributed by atoms with Crippen molar-refractivity contribution in [3.8, 4) is 5.75 Å². The van der Waals surface area contributed by atoms with Gasteiger partial charge >= 0.3 is 0 Å². The molecule has 1 aromatic carbocycles. The predicted molar refractivity (Wildman–Crippen MR) is 68.3 cm³/mol. The molecule has 0 aromatic heterocycles. The zero-order valence-corrected chi connectivity index (χ0v) is 11.1. The molecular formula is C11H17ClNOP. The van der Waals surface area contributed by atoms with Crippen LogP contribution in [0.25, 0.3) is 0 Å². The average Bonchev–Trinajstić information content (AvgIpc) is 2.30. The first-order valence-corrected chi connectivity index (χ1v) is 7.27. The van der Waals surface area contributed by atoms with Crippen molar-refractivity contribution in [3.63, 3.8) is 0 Å². The van der Waals surface area contributed by atoms with Gasteiger partial charge in [0.25, 0.3) is 0 Å². The van der Waals surface area contributed by atoms with Crippen molar-refractivity contribution in [3.05, 3.63) is 24.3 Å². The number of methoxy groups -OCH3 is 1. The zero-order valence-electron chi connectivity index (χ0n) is 9.40. The maximum Gasteiger partial charge on any atom is 0.118 e. The SMILES string of the molecule is CCN(CC)P(Cl)c1ccc(OC)cc1.